The van der Waals surface area contributed by atoms with Crippen LogP contribution < -0.4 is 26.0 Å². The third kappa shape index (κ3) is 8.99. The van der Waals surface area contributed by atoms with Gasteiger partial charge in [-0.1, -0.05) is 26.0 Å². The van der Waals surface area contributed by atoms with E-state index in [2.05, 4.69) is 40.1 Å². The molecule has 320 valence electrons. The van der Waals surface area contributed by atoms with Gasteiger partial charge in [0, 0.05) is 38.1 Å². The van der Waals surface area contributed by atoms with Crippen molar-refractivity contribution in [2.45, 2.75) is 97.0 Å². The van der Waals surface area contributed by atoms with E-state index in [0.717, 1.165) is 29.1 Å². The van der Waals surface area contributed by atoms with Crippen LogP contribution >= 0.6 is 11.3 Å². The van der Waals surface area contributed by atoms with Gasteiger partial charge in [0.05, 0.1) is 30.4 Å². The molecular weight excluding hydrogens is 785 g/mol. The number of benzene rings is 1. The lowest BCUT2D eigenvalue weighted by Gasteiger charge is -2.64. The molecule has 5 aliphatic rings. The number of carbonyl (C=O) groups excluding carboxylic acids is 5. The Kier molecular flexibility index (Phi) is 12.5. The van der Waals surface area contributed by atoms with Crippen LogP contribution in [0.25, 0.3) is 0 Å². The Labute approximate surface area is 347 Å². The lowest BCUT2D eigenvalue weighted by molar-refractivity contribution is -0.199. The quantitative estimate of drug-likeness (QED) is 0.105. The number of carbonyl (C=O) groups is 6. The number of piperazine rings is 1. The molecule has 0 spiro atoms. The van der Waals surface area contributed by atoms with Gasteiger partial charge in [0.25, 0.3) is 0 Å². The summed E-state index contributed by atoms with van der Waals surface area (Å²) in [6, 6.07) is 2.25. The number of imide groups is 1. The van der Waals surface area contributed by atoms with Gasteiger partial charge in [-0.3, -0.25) is 19.3 Å². The van der Waals surface area contributed by atoms with E-state index in [-0.39, 0.29) is 67.0 Å². The van der Waals surface area contributed by atoms with E-state index >= 15 is 0 Å². The Balaban J connectivity index is 1.28. The topological polar surface area (TPSA) is 227 Å². The predicted molar refractivity (Wildman–Crippen MR) is 216 cm³/mol. The number of thiazole rings is 1. The second kappa shape index (κ2) is 17.0. The van der Waals surface area contributed by atoms with Crippen molar-refractivity contribution in [1.29, 1.82) is 0 Å². The van der Waals surface area contributed by atoms with Crippen LogP contribution in [0.1, 0.15) is 89.0 Å². The van der Waals surface area contributed by atoms with Crippen LogP contribution in [0, 0.1) is 17.3 Å². The standard InChI is InChI=1S/C39H54BN7O11S/c1-9-46-15-16-47(32(50)31(46)49)35(53)45-28(24-20-59-34(43-24)41-13-14-42-36(54)56-37(2,3)4)30(48)44-27(17-21-11-10-12-23(33(51)52)29(21)55-8)40-57-26-19-22-18-25(38(22,5)6)39(26,7)58-40/h10-12,20,22,25-28H,9,13-19H2,1-8H3,(H,41,43)(H,42,54)(H,44,48)(H,45,53)(H,51,52)/t22-,25-,26+,27-,28?,39-/m0/s1. The average Bonchev–Trinajstić information content (AvgIpc) is 3.79. The highest BCUT2D eigenvalue weighted by atomic mass is 32.1. The van der Waals surface area contributed by atoms with E-state index in [4.69, 9.17) is 18.8 Å². The molecule has 5 fully saturated rings. The Morgan fingerprint density at radius 1 is 1.08 bits per heavy atom. The van der Waals surface area contributed by atoms with Gasteiger partial charge in [-0.2, -0.15) is 0 Å². The number of rotatable bonds is 14. The highest BCUT2D eigenvalue weighted by Gasteiger charge is 2.68. The maximum Gasteiger partial charge on any atom is 0.482 e. The van der Waals surface area contributed by atoms with Crippen molar-refractivity contribution in [3.63, 3.8) is 0 Å². The first-order chi connectivity index (χ1) is 27.8. The Bertz CT molecular complexity index is 1970. The number of aromatic nitrogens is 1. The third-order valence-electron chi connectivity index (χ3n) is 11.9. The van der Waals surface area contributed by atoms with E-state index in [1.54, 1.807) is 45.2 Å². The molecule has 3 saturated carbocycles. The number of amides is 6. The van der Waals surface area contributed by atoms with Gasteiger partial charge in [-0.05, 0) is 82.8 Å². The molecule has 20 heteroatoms. The number of carboxylic acids is 1. The van der Waals surface area contributed by atoms with Crippen LogP contribution in [-0.4, -0.2) is 126 Å². The number of hydrogen-bond acceptors (Lipinski definition) is 13. The Hall–Kier alpha value is -4.95. The van der Waals surface area contributed by atoms with Gasteiger partial charge < -0.3 is 50.1 Å². The Morgan fingerprint density at radius 2 is 1.83 bits per heavy atom. The molecule has 5 N–H and O–H groups in total. The zero-order valence-corrected chi connectivity index (χ0v) is 35.5. The van der Waals surface area contributed by atoms with Crippen LogP contribution in [0.4, 0.5) is 14.7 Å². The van der Waals surface area contributed by atoms with Gasteiger partial charge >= 0.3 is 37.0 Å². The molecule has 2 saturated heterocycles. The number of urea groups is 1. The molecule has 3 aliphatic carbocycles. The average molecular weight is 840 g/mol. The molecule has 2 bridgehead atoms. The first kappa shape index (κ1) is 43.6. The molecule has 0 radical (unpaired) electrons. The number of aromatic carboxylic acids is 1. The maximum absolute atomic E-state index is 14.7. The van der Waals surface area contributed by atoms with Crippen LogP contribution in [0.5, 0.6) is 5.75 Å². The molecule has 7 rings (SSSR count). The number of carboxylic acid groups (broad SMARTS) is 1. The van der Waals surface area contributed by atoms with E-state index in [1.807, 2.05) is 6.92 Å². The zero-order valence-electron chi connectivity index (χ0n) is 34.7. The molecule has 6 amide bonds. The summed E-state index contributed by atoms with van der Waals surface area (Å²) in [6.45, 7) is 14.3. The summed E-state index contributed by atoms with van der Waals surface area (Å²) < 4.78 is 24.3. The number of alkyl carbamates (subject to hydrolysis) is 1. The number of ether oxygens (including phenoxy) is 2. The lowest BCUT2D eigenvalue weighted by Crippen LogP contribution is -2.65. The highest BCUT2D eigenvalue weighted by Crippen LogP contribution is 2.65. The minimum atomic E-state index is -1.48. The molecule has 2 aromatic rings. The molecule has 6 atom stereocenters. The van der Waals surface area contributed by atoms with Crippen molar-refractivity contribution in [2.75, 3.05) is 45.2 Å². The number of para-hydroxylation sites is 1. The van der Waals surface area contributed by atoms with Gasteiger partial charge in [0.15, 0.2) is 11.2 Å². The number of methoxy groups -OCH3 is 1. The maximum atomic E-state index is 14.7. The highest BCUT2D eigenvalue weighted by molar-refractivity contribution is 7.13. The lowest BCUT2D eigenvalue weighted by atomic mass is 9.43. The molecule has 2 aliphatic heterocycles. The van der Waals surface area contributed by atoms with Gasteiger partial charge in [-0.25, -0.2) is 19.4 Å². The minimum absolute atomic E-state index is 0.0160. The van der Waals surface area contributed by atoms with Crippen molar-refractivity contribution in [1.82, 2.24) is 30.7 Å². The van der Waals surface area contributed by atoms with E-state index < -0.39 is 66.1 Å². The Morgan fingerprint density at radius 3 is 2.49 bits per heavy atom. The molecule has 3 heterocycles. The summed E-state index contributed by atoms with van der Waals surface area (Å²) >= 11 is 1.14. The molecule has 1 unspecified atom stereocenters. The van der Waals surface area contributed by atoms with Crippen molar-refractivity contribution in [2.24, 2.45) is 17.3 Å². The fraction of sp³-hybridized carbons (Fsp3) is 0.615. The van der Waals surface area contributed by atoms with Crippen molar-refractivity contribution in [3.05, 3.63) is 40.4 Å². The summed E-state index contributed by atoms with van der Waals surface area (Å²) in [5.41, 5.74) is -0.778. The molecule has 18 nitrogen and oxygen atoms in total. The van der Waals surface area contributed by atoms with Crippen LogP contribution in [-0.2, 0) is 34.9 Å². The number of likely N-dealkylation sites (N-methyl/N-ethyl adjacent to an activating group) is 1. The van der Waals surface area contributed by atoms with Crippen LogP contribution in [0.3, 0.4) is 0 Å². The van der Waals surface area contributed by atoms with Crippen molar-refractivity contribution < 1.29 is 52.7 Å². The monoisotopic (exact) mass is 839 g/mol. The smallest absolute Gasteiger partial charge is 0.482 e. The number of nitrogens with one attached hydrogen (secondary N) is 4. The fourth-order valence-electron chi connectivity index (χ4n) is 8.74. The SMILES string of the molecule is CCN1CCN(C(=O)NC(C(=O)N[C@@H](Cc2cccc(C(=O)O)c2OC)B2O[C@@H]3C[C@@H]4C[C@@H](C4(C)C)[C@]3(C)O2)c2csc(NCCNC(=O)OC(C)(C)C)n2)C(=O)C1=O. The van der Waals surface area contributed by atoms with Gasteiger partial charge in [0.2, 0.25) is 5.91 Å². The van der Waals surface area contributed by atoms with E-state index in [1.165, 1.54) is 18.1 Å². The number of nitrogens with zero attached hydrogens (tertiary/aromatic N) is 3. The van der Waals surface area contributed by atoms with Crippen molar-refractivity contribution >= 4 is 59.4 Å². The van der Waals surface area contributed by atoms with Gasteiger partial charge in [-0.15, -0.1) is 11.3 Å². The number of hydrogen-bond donors (Lipinski definition) is 5. The summed E-state index contributed by atoms with van der Waals surface area (Å²) in [7, 11) is 0.385. The van der Waals surface area contributed by atoms with Crippen molar-refractivity contribution in [3.8, 4) is 5.75 Å². The van der Waals surface area contributed by atoms with E-state index in [9.17, 15) is 33.9 Å². The molecule has 59 heavy (non-hydrogen) atoms. The summed E-state index contributed by atoms with van der Waals surface area (Å²) in [5.74, 6) is -3.97. The van der Waals surface area contributed by atoms with Gasteiger partial charge in [0.1, 0.15) is 16.9 Å². The largest absolute Gasteiger partial charge is 0.496 e. The molecular formula is C39H54BN7O11S. The predicted octanol–water partition coefficient (Wildman–Crippen LogP) is 3.22. The van der Waals surface area contributed by atoms with E-state index in [0.29, 0.717) is 23.2 Å². The fourth-order valence-corrected chi connectivity index (χ4v) is 9.50. The normalized spacial score (nSPS) is 24.3. The summed E-state index contributed by atoms with van der Waals surface area (Å²) in [5, 5.41) is 23.3. The zero-order chi connectivity index (χ0) is 43.0. The molecule has 1 aromatic carbocycles. The number of anilines is 1. The summed E-state index contributed by atoms with van der Waals surface area (Å²) in [6.07, 6.45) is 0.933. The first-order valence-electron chi connectivity index (χ1n) is 19.9. The summed E-state index contributed by atoms with van der Waals surface area (Å²) in [4.78, 5) is 85.2. The third-order valence-corrected chi connectivity index (χ3v) is 12.8. The molecule has 1 aromatic heterocycles. The van der Waals surface area contributed by atoms with Crippen LogP contribution in [0.15, 0.2) is 23.6 Å². The second-order valence-corrected chi connectivity index (χ2v) is 18.0. The first-order valence-corrected chi connectivity index (χ1v) is 20.8. The second-order valence-electron chi connectivity index (χ2n) is 17.1. The van der Waals surface area contributed by atoms with Crippen LogP contribution in [0.2, 0.25) is 0 Å². The minimum Gasteiger partial charge on any atom is -0.496 e.